The van der Waals surface area contributed by atoms with E-state index in [2.05, 4.69) is 6.58 Å². The SMILES string of the molecule is C=CCN(C(N(C)C)=[N+](C)C)c1ccc([N+](=O)[O-])cc1. The Morgan fingerprint density at radius 3 is 2.20 bits per heavy atom. The van der Waals surface area contributed by atoms with Gasteiger partial charge in [0, 0.05) is 12.1 Å². The maximum atomic E-state index is 10.7. The van der Waals surface area contributed by atoms with E-state index >= 15 is 0 Å². The number of nitro benzene ring substituents is 1. The van der Waals surface area contributed by atoms with Gasteiger partial charge < -0.3 is 0 Å². The highest BCUT2D eigenvalue weighted by Crippen LogP contribution is 2.20. The standard InChI is InChI=1S/C14H21N4O2/c1-6-11-17(14(15(2)3)16(4)5)12-7-9-13(10-8-12)18(19)20/h6-10H,1,11H2,2-5H3/q+1. The number of hydrogen-bond acceptors (Lipinski definition) is 2. The maximum Gasteiger partial charge on any atom is 0.354 e. The molecule has 0 aromatic heterocycles. The molecule has 0 radical (unpaired) electrons. The fourth-order valence-electron chi connectivity index (χ4n) is 2.07. The Balaban J connectivity index is 3.23. The number of rotatable bonds is 4. The molecule has 1 aromatic rings. The Hall–Kier alpha value is -2.37. The lowest BCUT2D eigenvalue weighted by molar-refractivity contribution is -0.470. The van der Waals surface area contributed by atoms with Crippen LogP contribution in [0, 0.1) is 10.1 Å². The summed E-state index contributed by atoms with van der Waals surface area (Å²) >= 11 is 0. The van der Waals surface area contributed by atoms with Gasteiger partial charge in [-0.05, 0) is 12.1 Å². The molecule has 0 atom stereocenters. The van der Waals surface area contributed by atoms with Crippen molar-refractivity contribution in [2.75, 3.05) is 39.6 Å². The molecule has 0 aliphatic carbocycles. The van der Waals surface area contributed by atoms with E-state index in [1.165, 1.54) is 12.1 Å². The zero-order valence-electron chi connectivity index (χ0n) is 12.4. The molecule has 6 heteroatoms. The summed E-state index contributed by atoms with van der Waals surface area (Å²) in [5, 5.41) is 10.7. The van der Waals surface area contributed by atoms with E-state index < -0.39 is 4.92 Å². The van der Waals surface area contributed by atoms with Crippen LogP contribution >= 0.6 is 0 Å². The lowest BCUT2D eigenvalue weighted by atomic mass is 10.2. The highest BCUT2D eigenvalue weighted by molar-refractivity contribution is 5.92. The van der Waals surface area contributed by atoms with Crippen molar-refractivity contribution in [2.24, 2.45) is 0 Å². The van der Waals surface area contributed by atoms with Gasteiger partial charge in [-0.25, -0.2) is 4.90 Å². The third-order valence-corrected chi connectivity index (χ3v) is 2.73. The second-order valence-corrected chi connectivity index (χ2v) is 4.76. The summed E-state index contributed by atoms with van der Waals surface area (Å²) in [6.07, 6.45) is 1.80. The molecule has 0 N–H and O–H groups in total. The minimum atomic E-state index is -0.399. The summed E-state index contributed by atoms with van der Waals surface area (Å²) in [5.41, 5.74) is 0.969. The molecule has 6 nitrogen and oxygen atoms in total. The third kappa shape index (κ3) is 3.57. The summed E-state index contributed by atoms with van der Waals surface area (Å²) in [6.45, 7) is 4.39. The van der Waals surface area contributed by atoms with Crippen molar-refractivity contribution in [2.45, 2.75) is 0 Å². The minimum absolute atomic E-state index is 0.0866. The molecule has 0 fully saturated rings. The van der Waals surface area contributed by atoms with Crippen molar-refractivity contribution >= 4 is 17.3 Å². The van der Waals surface area contributed by atoms with Crippen molar-refractivity contribution < 1.29 is 9.50 Å². The first-order valence-electron chi connectivity index (χ1n) is 6.23. The second-order valence-electron chi connectivity index (χ2n) is 4.76. The van der Waals surface area contributed by atoms with Crippen molar-refractivity contribution in [3.8, 4) is 0 Å². The van der Waals surface area contributed by atoms with Crippen LogP contribution in [0.3, 0.4) is 0 Å². The van der Waals surface area contributed by atoms with Gasteiger partial charge in [0.1, 0.15) is 5.69 Å². The highest BCUT2D eigenvalue weighted by atomic mass is 16.6. The number of nitrogens with zero attached hydrogens (tertiary/aromatic N) is 4. The van der Waals surface area contributed by atoms with Crippen LogP contribution in [0.25, 0.3) is 0 Å². The van der Waals surface area contributed by atoms with E-state index in [-0.39, 0.29) is 5.69 Å². The number of non-ortho nitro benzene ring substituents is 1. The fourth-order valence-corrected chi connectivity index (χ4v) is 2.07. The number of benzene rings is 1. The molecule has 0 spiro atoms. The van der Waals surface area contributed by atoms with Gasteiger partial charge in [0.2, 0.25) is 0 Å². The molecule has 1 rings (SSSR count). The number of anilines is 1. The van der Waals surface area contributed by atoms with Gasteiger partial charge in [0.05, 0.1) is 39.7 Å². The maximum absolute atomic E-state index is 10.7. The molecule has 1 aromatic carbocycles. The fraction of sp³-hybridized carbons (Fsp3) is 0.357. The predicted molar refractivity (Wildman–Crippen MR) is 81.4 cm³/mol. The van der Waals surface area contributed by atoms with Gasteiger partial charge in [0.15, 0.2) is 0 Å². The molecule has 0 aliphatic heterocycles. The van der Waals surface area contributed by atoms with Gasteiger partial charge in [-0.3, -0.25) is 19.6 Å². The van der Waals surface area contributed by atoms with Crippen LogP contribution in [-0.2, 0) is 0 Å². The Bertz CT molecular complexity index is 516. The van der Waals surface area contributed by atoms with Gasteiger partial charge in [-0.2, -0.15) is 0 Å². The molecule has 0 bridgehead atoms. The molecule has 20 heavy (non-hydrogen) atoms. The van der Waals surface area contributed by atoms with Gasteiger partial charge in [-0.1, -0.05) is 12.7 Å². The summed E-state index contributed by atoms with van der Waals surface area (Å²) < 4.78 is 1.99. The third-order valence-electron chi connectivity index (χ3n) is 2.73. The zero-order valence-corrected chi connectivity index (χ0v) is 12.4. The molecule has 0 heterocycles. The molecule has 0 aliphatic rings. The van der Waals surface area contributed by atoms with Crippen LogP contribution < -0.4 is 4.90 Å². The monoisotopic (exact) mass is 277 g/mol. The van der Waals surface area contributed by atoms with Crippen LogP contribution in [0.2, 0.25) is 0 Å². The average Bonchev–Trinajstić information content (AvgIpc) is 2.37. The van der Waals surface area contributed by atoms with E-state index in [0.717, 1.165) is 11.6 Å². The zero-order chi connectivity index (χ0) is 15.3. The average molecular weight is 277 g/mol. The molecule has 0 amide bonds. The quantitative estimate of drug-likeness (QED) is 0.210. The summed E-state index contributed by atoms with van der Waals surface area (Å²) in [4.78, 5) is 14.3. The van der Waals surface area contributed by atoms with E-state index in [4.69, 9.17) is 0 Å². The molecule has 108 valence electrons. The second kappa shape index (κ2) is 6.70. The number of guanidine groups is 1. The van der Waals surface area contributed by atoms with Crippen LogP contribution in [0.5, 0.6) is 0 Å². The van der Waals surface area contributed by atoms with Crippen molar-refractivity contribution in [1.29, 1.82) is 0 Å². The van der Waals surface area contributed by atoms with Crippen molar-refractivity contribution in [3.05, 3.63) is 47.0 Å². The molecule has 0 saturated carbocycles. The van der Waals surface area contributed by atoms with Crippen LogP contribution in [0.15, 0.2) is 36.9 Å². The Morgan fingerprint density at radius 1 is 1.30 bits per heavy atom. The molecular weight excluding hydrogens is 256 g/mol. The summed E-state index contributed by atoms with van der Waals surface area (Å²) in [5.74, 6) is 0.971. The number of hydrogen-bond donors (Lipinski definition) is 0. The smallest absolute Gasteiger partial charge is 0.270 e. The highest BCUT2D eigenvalue weighted by Gasteiger charge is 2.23. The summed E-state index contributed by atoms with van der Waals surface area (Å²) in [7, 11) is 7.82. The summed E-state index contributed by atoms with van der Waals surface area (Å²) in [6, 6.07) is 6.51. The Labute approximate surface area is 119 Å². The first-order chi connectivity index (χ1) is 9.38. The van der Waals surface area contributed by atoms with Gasteiger partial charge in [-0.15, -0.1) is 0 Å². The minimum Gasteiger partial charge on any atom is -0.270 e. The van der Waals surface area contributed by atoms with E-state index in [1.54, 1.807) is 18.2 Å². The largest absolute Gasteiger partial charge is 0.354 e. The topological polar surface area (TPSA) is 52.6 Å². The van der Waals surface area contributed by atoms with E-state index in [0.29, 0.717) is 6.54 Å². The van der Waals surface area contributed by atoms with E-state index in [9.17, 15) is 10.1 Å². The first kappa shape index (κ1) is 15.7. The molecular formula is C14H21N4O2+. The Kier molecular flexibility index (Phi) is 5.25. The van der Waals surface area contributed by atoms with Crippen LogP contribution in [-0.4, -0.2) is 55.1 Å². The number of nitro groups is 1. The van der Waals surface area contributed by atoms with Crippen molar-refractivity contribution in [1.82, 2.24) is 4.90 Å². The van der Waals surface area contributed by atoms with Crippen LogP contribution in [0.1, 0.15) is 0 Å². The van der Waals surface area contributed by atoms with Gasteiger partial charge in [0.25, 0.3) is 5.69 Å². The lowest BCUT2D eigenvalue weighted by Crippen LogP contribution is -2.45. The van der Waals surface area contributed by atoms with E-state index in [1.807, 2.05) is 42.6 Å². The Morgan fingerprint density at radius 2 is 1.85 bits per heavy atom. The van der Waals surface area contributed by atoms with Gasteiger partial charge >= 0.3 is 5.96 Å². The first-order valence-corrected chi connectivity index (χ1v) is 6.23. The normalized spacial score (nSPS) is 9.80. The van der Waals surface area contributed by atoms with Crippen LogP contribution in [0.4, 0.5) is 11.4 Å². The predicted octanol–water partition coefficient (Wildman–Crippen LogP) is 1.78. The molecule has 0 saturated heterocycles. The molecule has 0 unspecified atom stereocenters. The lowest BCUT2D eigenvalue weighted by Gasteiger charge is -2.23. The van der Waals surface area contributed by atoms with Crippen molar-refractivity contribution in [3.63, 3.8) is 0 Å².